The second-order valence-electron chi connectivity index (χ2n) is 8.36. The molecule has 10 heteroatoms. The Kier molecular flexibility index (Phi) is 19.3. The summed E-state index contributed by atoms with van der Waals surface area (Å²) in [5.41, 5.74) is 0.788. The third-order valence-corrected chi connectivity index (χ3v) is 7.54. The molecular weight excluding hydrogens is 461 g/mol. The molecule has 7 nitrogen and oxygen atoms in total. The van der Waals surface area contributed by atoms with E-state index in [1.165, 1.54) is 94.2 Å². The maximum atomic E-state index is 11.2. The van der Waals surface area contributed by atoms with E-state index in [1.54, 1.807) is 6.92 Å². The van der Waals surface area contributed by atoms with Gasteiger partial charge in [-0.25, -0.2) is 0 Å². The Bertz CT molecular complexity index is 673. The molecule has 0 saturated carbocycles. The van der Waals surface area contributed by atoms with Crippen LogP contribution >= 0.6 is 0 Å². The maximum absolute atomic E-state index is 11.2. The zero-order valence-electron chi connectivity index (χ0n) is 20.5. The average molecular weight is 505 g/mol. The van der Waals surface area contributed by atoms with Gasteiger partial charge in [-0.1, -0.05) is 71.1 Å². The molecule has 0 heterocycles. The summed E-state index contributed by atoms with van der Waals surface area (Å²) in [5.74, 6) is 0. The van der Waals surface area contributed by atoms with E-state index in [4.69, 9.17) is 0 Å². The predicted molar refractivity (Wildman–Crippen MR) is 126 cm³/mol. The van der Waals surface area contributed by atoms with E-state index >= 15 is 0 Å². The molecule has 0 aliphatic carbocycles. The van der Waals surface area contributed by atoms with E-state index in [2.05, 4.69) is 31.4 Å². The first-order valence-electron chi connectivity index (χ1n) is 11.7. The second kappa shape index (κ2) is 18.2. The second-order valence-corrected chi connectivity index (χ2v) is 11.0. The Balaban J connectivity index is 0. The van der Waals surface area contributed by atoms with Gasteiger partial charge in [0.15, 0.2) is 0 Å². The molecule has 0 N–H and O–H groups in total. The predicted octanol–water partition coefficient (Wildman–Crippen LogP) is 1.95. The fraction of sp³-hybridized carbons (Fsp3) is 0.739. The van der Waals surface area contributed by atoms with Crippen LogP contribution in [0.3, 0.4) is 0 Å². The molecule has 0 saturated heterocycles. The van der Waals surface area contributed by atoms with Crippen molar-refractivity contribution in [2.75, 3.05) is 26.2 Å². The summed E-state index contributed by atoms with van der Waals surface area (Å²) in [7, 11) is -9.55. The van der Waals surface area contributed by atoms with Crippen LogP contribution in [-0.4, -0.2) is 57.9 Å². The third kappa shape index (κ3) is 16.2. The van der Waals surface area contributed by atoms with Crippen molar-refractivity contribution >= 4 is 29.0 Å². The van der Waals surface area contributed by atoms with Gasteiger partial charge in [-0.3, -0.25) is 0 Å². The summed E-state index contributed by atoms with van der Waals surface area (Å²) >= 11 is 0. The molecule has 0 atom stereocenters. The van der Waals surface area contributed by atoms with E-state index in [-0.39, 0.29) is 23.8 Å². The normalized spacial score (nSPS) is 12.0. The number of rotatable bonds is 15. The molecule has 190 valence electrons. The summed E-state index contributed by atoms with van der Waals surface area (Å²) in [5, 5.41) is 0. The molecule has 1 aromatic rings. The summed E-state index contributed by atoms with van der Waals surface area (Å²) in [4.78, 5) is -0.389. The molecule has 0 aromatic heterocycles. The fourth-order valence-corrected chi connectivity index (χ4v) is 5.06. The summed E-state index contributed by atoms with van der Waals surface area (Å²) in [6, 6.07) is 5.19. The molecular formula is C23H44ClLiNO6S+. The monoisotopic (exact) mass is 504 g/mol. The minimum atomic E-state index is -5.00. The number of hydrogen-bond donors (Lipinski definition) is 0. The van der Waals surface area contributed by atoms with E-state index in [0.717, 1.165) is 17.7 Å². The van der Waals surface area contributed by atoms with Gasteiger partial charge >= 0.3 is 29.0 Å². The Morgan fingerprint density at radius 2 is 1.09 bits per heavy atom. The fourth-order valence-electron chi connectivity index (χ4n) is 3.49. The third-order valence-electron chi connectivity index (χ3n) is 5.41. The average Bonchev–Trinajstić information content (AvgIpc) is 2.72. The van der Waals surface area contributed by atoms with Crippen LogP contribution in [0.1, 0.15) is 84.6 Å². The molecule has 0 unspecified atom stereocenters. The first-order chi connectivity index (χ1) is 14.9. The molecule has 0 aliphatic rings. The molecule has 1 rings (SSSR count). The number of unbranched alkanes of at least 4 members (excludes halogenated alkanes) is 4. The van der Waals surface area contributed by atoms with Crippen LogP contribution in [0.25, 0.3) is 0 Å². The Labute approximate surface area is 216 Å². The van der Waals surface area contributed by atoms with Crippen LogP contribution in [0.2, 0.25) is 0 Å². The van der Waals surface area contributed by atoms with E-state index in [0.29, 0.717) is 0 Å². The van der Waals surface area contributed by atoms with Crippen LogP contribution in [0, 0.1) is 17.2 Å². The van der Waals surface area contributed by atoms with Crippen molar-refractivity contribution in [2.45, 2.75) is 90.9 Å². The van der Waals surface area contributed by atoms with Crippen molar-refractivity contribution in [1.29, 1.82) is 0 Å². The first-order valence-corrected chi connectivity index (χ1v) is 14.4. The van der Waals surface area contributed by atoms with Gasteiger partial charge in [0.05, 0.1) is 26.2 Å². The Morgan fingerprint density at radius 1 is 0.758 bits per heavy atom. The zero-order chi connectivity index (χ0) is 24.7. The molecule has 0 bridgehead atoms. The van der Waals surface area contributed by atoms with Gasteiger partial charge in [-0.15, -0.1) is 0 Å². The zero-order valence-corrected chi connectivity index (χ0v) is 22.1. The number of aryl methyl sites for hydroxylation is 1. The number of quaternary nitrogens is 1. The number of halogens is 1. The molecule has 0 fully saturated rings. The van der Waals surface area contributed by atoms with E-state index < -0.39 is 20.4 Å². The molecule has 0 aliphatic heterocycles. The number of nitrogens with zero attached hydrogens (tertiary/aromatic N) is 1. The van der Waals surface area contributed by atoms with Crippen LogP contribution in [0.5, 0.6) is 0 Å². The standard InChI is InChI=1S/C16H36N.C7H7ClO6S.Li.H/c1-5-9-13-17(14-10-6-2,15-11-7-3)16-12-8-4;1-6-2-4-7(5-3-6)15(12,13)14-8(9,10)11;;/h5-16H2,1-4H3;2-5H,1H3;;/q+1;;;. The van der Waals surface area contributed by atoms with Gasteiger partial charge in [-0.05, 0) is 44.7 Å². The van der Waals surface area contributed by atoms with Crippen molar-refractivity contribution < 1.29 is 40.9 Å². The Morgan fingerprint density at radius 3 is 1.36 bits per heavy atom. The summed E-state index contributed by atoms with van der Waals surface area (Å²) < 4.78 is 57.4. The van der Waals surface area contributed by atoms with Gasteiger partial charge in [0.2, 0.25) is 3.74 Å². The SMILES string of the molecule is CCCC[N+](CCCC)(CCCC)CCCC.Cc1ccc(S(=O)(=O)O[Cl+3]([O-])([O-])[O-])cc1.[LiH]. The molecule has 33 heavy (non-hydrogen) atoms. The van der Waals surface area contributed by atoms with Crippen LogP contribution < -0.4 is 14.0 Å². The molecule has 0 spiro atoms. The Hall–Kier alpha value is -0.143. The van der Waals surface area contributed by atoms with Gasteiger partial charge < -0.3 is 4.48 Å². The van der Waals surface area contributed by atoms with Gasteiger partial charge in [0.1, 0.15) is 15.1 Å². The van der Waals surface area contributed by atoms with Crippen molar-refractivity contribution in [1.82, 2.24) is 0 Å². The van der Waals surface area contributed by atoms with Gasteiger partial charge in [0.25, 0.3) is 0 Å². The van der Waals surface area contributed by atoms with Crippen molar-refractivity contribution in [2.24, 2.45) is 0 Å². The van der Waals surface area contributed by atoms with Crippen LogP contribution in [0.15, 0.2) is 29.2 Å². The van der Waals surface area contributed by atoms with Gasteiger partial charge in [-0.2, -0.15) is 22.4 Å². The molecule has 1 aromatic carbocycles. The molecule has 0 amide bonds. The topological polar surface area (TPSA) is 113 Å². The van der Waals surface area contributed by atoms with Crippen LogP contribution in [0.4, 0.5) is 0 Å². The van der Waals surface area contributed by atoms with Crippen LogP contribution in [-0.2, 0) is 13.9 Å². The van der Waals surface area contributed by atoms with E-state index in [9.17, 15) is 22.4 Å². The van der Waals surface area contributed by atoms with E-state index in [1.807, 2.05) is 0 Å². The number of hydrogen-bond acceptors (Lipinski definition) is 6. The van der Waals surface area contributed by atoms with Crippen molar-refractivity contribution in [3.8, 4) is 0 Å². The summed E-state index contributed by atoms with van der Waals surface area (Å²) in [6.45, 7) is 16.7. The number of benzene rings is 1. The van der Waals surface area contributed by atoms with Crippen molar-refractivity contribution in [3.63, 3.8) is 0 Å². The van der Waals surface area contributed by atoms with Gasteiger partial charge in [0, 0.05) is 0 Å². The first kappa shape index (κ1) is 35.0. The summed E-state index contributed by atoms with van der Waals surface area (Å²) in [6.07, 6.45) is 11.1. The quantitative estimate of drug-likeness (QED) is 0.266. The minimum absolute atomic E-state index is 0. The van der Waals surface area contributed by atoms with Crippen molar-refractivity contribution in [3.05, 3.63) is 29.8 Å². The molecule has 0 radical (unpaired) electrons.